The highest BCUT2D eigenvalue weighted by Gasteiger charge is 2.50. The lowest BCUT2D eigenvalue weighted by molar-refractivity contribution is 0.332. The molecule has 1 aromatic heterocycles. The first-order valence-electron chi connectivity index (χ1n) is 23.3. The van der Waals surface area contributed by atoms with E-state index >= 15 is 0 Å². The molecule has 0 unspecified atom stereocenters. The summed E-state index contributed by atoms with van der Waals surface area (Å²) < 4.78 is 7.38. The lowest BCUT2D eigenvalue weighted by atomic mass is 9.45. The van der Waals surface area contributed by atoms with E-state index in [1.807, 2.05) is 0 Å². The summed E-state index contributed by atoms with van der Waals surface area (Å²) in [5.74, 6) is 0. The second-order valence-corrected chi connectivity index (χ2v) is 22.1. The number of nitrogens with zero attached hydrogens (tertiary/aromatic N) is 2. The highest BCUT2D eigenvalue weighted by molar-refractivity contribution is 6.93. The van der Waals surface area contributed by atoms with Crippen LogP contribution in [0, 0.1) is 0 Å². The van der Waals surface area contributed by atoms with E-state index in [1.165, 1.54) is 84.6 Å². The largest absolute Gasteiger partial charge is 0.466 e. The monoisotopic (exact) mass is 834 g/mol. The molecule has 0 radical (unpaired) electrons. The fourth-order valence-corrected chi connectivity index (χ4v) is 11.0. The van der Waals surface area contributed by atoms with Gasteiger partial charge in [-0.15, -0.1) is 0 Å². The Hall–Kier alpha value is -6.26. The van der Waals surface area contributed by atoms with Crippen LogP contribution in [0.4, 0.5) is 28.4 Å². The Kier molecular flexibility index (Phi) is 8.94. The zero-order valence-electron chi connectivity index (χ0n) is 39.2. The van der Waals surface area contributed by atoms with Crippen molar-refractivity contribution in [3.8, 4) is 33.4 Å². The van der Waals surface area contributed by atoms with Gasteiger partial charge in [-0.05, 0) is 139 Å². The molecule has 0 atom stereocenters. The lowest BCUT2D eigenvalue weighted by Crippen LogP contribution is -2.61. The van der Waals surface area contributed by atoms with Crippen molar-refractivity contribution < 1.29 is 4.42 Å². The van der Waals surface area contributed by atoms with Gasteiger partial charge in [0.2, 0.25) is 0 Å². The standard InChI is InChI=1S/C60H59BN2O/c1-57(2,3)41-26-30-50(45(34-41)39-21-15-12-16-22-39)62-52-36-42(58(4,5)6)35-47-46-33-40(38-19-13-11-14-20-38)25-29-51(46)63(43-27-28-48-49(37-43)60(9,10)32-31-59(48,7)8)61(54(47)52)56-55(62)44-23-17-18-24-53(44)64-56/h11-30,33-37H,31-32H2,1-10H3. The molecule has 2 aliphatic heterocycles. The van der Waals surface area contributed by atoms with Crippen LogP contribution in [0.1, 0.15) is 104 Å². The average Bonchev–Trinajstić information content (AvgIpc) is 3.67. The van der Waals surface area contributed by atoms with Gasteiger partial charge in [-0.2, -0.15) is 0 Å². The van der Waals surface area contributed by atoms with E-state index in [4.69, 9.17) is 4.42 Å². The molecule has 0 amide bonds. The van der Waals surface area contributed by atoms with E-state index in [-0.39, 0.29) is 28.5 Å². The molecular formula is C60H59BN2O. The average molecular weight is 835 g/mol. The Morgan fingerprint density at radius 1 is 0.500 bits per heavy atom. The minimum Gasteiger partial charge on any atom is -0.466 e. The first-order chi connectivity index (χ1) is 30.5. The van der Waals surface area contributed by atoms with E-state index < -0.39 is 0 Å². The summed E-state index contributed by atoms with van der Waals surface area (Å²) in [4.78, 5) is 5.20. The molecule has 318 valence electrons. The van der Waals surface area contributed by atoms with Gasteiger partial charge in [-0.25, -0.2) is 0 Å². The van der Waals surface area contributed by atoms with Crippen LogP contribution in [-0.4, -0.2) is 6.85 Å². The van der Waals surface area contributed by atoms with Crippen LogP contribution in [0.2, 0.25) is 0 Å². The van der Waals surface area contributed by atoms with Crippen LogP contribution >= 0.6 is 0 Å². The molecule has 64 heavy (non-hydrogen) atoms. The minimum atomic E-state index is -0.237. The molecule has 4 heteroatoms. The quantitative estimate of drug-likeness (QED) is 0.165. The van der Waals surface area contributed by atoms with Crippen LogP contribution < -0.4 is 20.8 Å². The van der Waals surface area contributed by atoms with Gasteiger partial charge in [0.15, 0.2) is 0 Å². The van der Waals surface area contributed by atoms with Crippen LogP contribution in [0.5, 0.6) is 0 Å². The summed E-state index contributed by atoms with van der Waals surface area (Å²) in [7, 11) is 0. The van der Waals surface area contributed by atoms with E-state index in [0.29, 0.717) is 0 Å². The number of para-hydroxylation sites is 1. The van der Waals surface area contributed by atoms with Gasteiger partial charge < -0.3 is 14.1 Å². The van der Waals surface area contributed by atoms with Crippen molar-refractivity contribution in [1.29, 1.82) is 0 Å². The molecular weight excluding hydrogens is 775 g/mol. The van der Waals surface area contributed by atoms with Gasteiger partial charge in [0, 0.05) is 33.6 Å². The maximum Gasteiger partial charge on any atom is 0.375 e. The summed E-state index contributed by atoms with van der Waals surface area (Å²) in [5.41, 5.74) is 21.8. The van der Waals surface area contributed by atoms with E-state index in [9.17, 15) is 0 Å². The molecule has 3 nitrogen and oxygen atoms in total. The van der Waals surface area contributed by atoms with Gasteiger partial charge >= 0.3 is 6.85 Å². The fraction of sp³-hybridized carbons (Fsp3) is 0.267. The number of anilines is 5. The molecule has 0 spiro atoms. The highest BCUT2D eigenvalue weighted by atomic mass is 16.3. The molecule has 8 aromatic rings. The van der Waals surface area contributed by atoms with Crippen LogP contribution in [0.25, 0.3) is 44.3 Å². The van der Waals surface area contributed by atoms with Crippen molar-refractivity contribution in [1.82, 2.24) is 0 Å². The highest BCUT2D eigenvalue weighted by Crippen LogP contribution is 2.54. The van der Waals surface area contributed by atoms with Gasteiger partial charge in [0.05, 0.1) is 11.4 Å². The zero-order valence-corrected chi connectivity index (χ0v) is 39.2. The number of benzene rings is 7. The minimum absolute atomic E-state index is 0.0345. The van der Waals surface area contributed by atoms with Crippen molar-refractivity contribution >= 4 is 57.4 Å². The maximum atomic E-state index is 7.38. The predicted molar refractivity (Wildman–Crippen MR) is 273 cm³/mol. The summed E-state index contributed by atoms with van der Waals surface area (Å²) >= 11 is 0. The van der Waals surface area contributed by atoms with Crippen molar-refractivity contribution in [3.63, 3.8) is 0 Å². The first kappa shape index (κ1) is 40.5. The number of hydrogen-bond donors (Lipinski definition) is 0. The molecule has 1 aliphatic carbocycles. The molecule has 0 saturated carbocycles. The Bertz CT molecular complexity index is 3140. The van der Waals surface area contributed by atoms with Gasteiger partial charge in [0.25, 0.3) is 0 Å². The molecule has 0 fully saturated rings. The van der Waals surface area contributed by atoms with Gasteiger partial charge in [0.1, 0.15) is 11.2 Å². The van der Waals surface area contributed by atoms with Crippen LogP contribution in [0.15, 0.2) is 156 Å². The third-order valence-electron chi connectivity index (χ3n) is 14.8. The normalized spacial score (nSPS) is 16.0. The van der Waals surface area contributed by atoms with Crippen LogP contribution in [0.3, 0.4) is 0 Å². The third kappa shape index (κ3) is 6.31. The molecule has 3 aliphatic rings. The Balaban J connectivity index is 1.28. The second-order valence-electron chi connectivity index (χ2n) is 22.1. The molecule has 11 rings (SSSR count). The third-order valence-corrected chi connectivity index (χ3v) is 14.8. The molecule has 0 bridgehead atoms. The van der Waals surface area contributed by atoms with E-state index in [0.717, 1.165) is 34.4 Å². The smallest absolute Gasteiger partial charge is 0.375 e. The molecule has 0 saturated heterocycles. The SMILES string of the molecule is CC(C)(C)c1ccc(N2c3cc(C(C)(C)C)cc4c3B(c3oc5ccccc5c32)N(c2ccc3c(c2)C(C)(C)CCC3(C)C)c2ccc(-c3ccccc3)cc2-4)c(-c2ccccc2)c1. The van der Waals surface area contributed by atoms with Gasteiger partial charge in [-0.1, -0.05) is 166 Å². The molecule has 0 N–H and O–H groups in total. The first-order valence-corrected chi connectivity index (χ1v) is 23.3. The van der Waals surface area contributed by atoms with E-state index in [1.54, 1.807) is 0 Å². The van der Waals surface area contributed by atoms with Crippen LogP contribution in [-0.2, 0) is 21.7 Å². The van der Waals surface area contributed by atoms with Crippen molar-refractivity contribution in [2.45, 2.75) is 104 Å². The van der Waals surface area contributed by atoms with Crippen molar-refractivity contribution in [2.75, 3.05) is 9.71 Å². The fourth-order valence-electron chi connectivity index (χ4n) is 11.0. The Morgan fingerprint density at radius 2 is 1.12 bits per heavy atom. The van der Waals surface area contributed by atoms with E-state index in [2.05, 4.69) is 231 Å². The maximum absolute atomic E-state index is 7.38. The molecule has 3 heterocycles. The van der Waals surface area contributed by atoms with Gasteiger partial charge in [-0.3, -0.25) is 0 Å². The second kappa shape index (κ2) is 14.1. The Morgan fingerprint density at radius 3 is 1.83 bits per heavy atom. The summed E-state index contributed by atoms with van der Waals surface area (Å²) in [5, 5.41) is 1.11. The number of furan rings is 1. The number of fused-ring (bicyclic) bond motifs is 7. The summed E-state index contributed by atoms with van der Waals surface area (Å²) in [6.45, 7) is 23.5. The topological polar surface area (TPSA) is 19.6 Å². The number of hydrogen-bond acceptors (Lipinski definition) is 3. The lowest BCUT2D eigenvalue weighted by Gasteiger charge is -2.46. The molecule has 7 aromatic carbocycles. The zero-order chi connectivity index (χ0) is 44.5. The Labute approximate surface area is 380 Å². The summed E-state index contributed by atoms with van der Waals surface area (Å²) in [6, 6.07) is 57.2. The van der Waals surface area contributed by atoms with Crippen molar-refractivity contribution in [3.05, 3.63) is 174 Å². The number of rotatable bonds is 4. The van der Waals surface area contributed by atoms with Crippen molar-refractivity contribution in [2.24, 2.45) is 0 Å². The predicted octanol–water partition coefficient (Wildman–Crippen LogP) is 15.4. The summed E-state index contributed by atoms with van der Waals surface area (Å²) in [6.07, 6.45) is 2.33.